The minimum atomic E-state index is 0. The number of rotatable bonds is 5. The van der Waals surface area contributed by atoms with Gasteiger partial charge in [0, 0.05) is 18.9 Å². The van der Waals surface area contributed by atoms with Gasteiger partial charge in [-0.15, -0.1) is 12.4 Å². The van der Waals surface area contributed by atoms with Crippen molar-refractivity contribution in [2.24, 2.45) is 0 Å². The first-order valence-corrected chi connectivity index (χ1v) is 6.98. The Kier molecular flexibility index (Phi) is 5.20. The molecule has 0 radical (unpaired) electrons. The molecule has 114 valence electrons. The maximum Gasteiger partial charge on any atom is 0.231 e. The van der Waals surface area contributed by atoms with Crippen molar-refractivity contribution < 1.29 is 9.26 Å². The quantitative estimate of drug-likeness (QED) is 0.917. The highest BCUT2D eigenvalue weighted by Gasteiger charge is 2.14. The summed E-state index contributed by atoms with van der Waals surface area (Å²) in [6.45, 7) is 2.88. The fraction of sp³-hybridized carbons (Fsp3) is 0.467. The third-order valence-electron chi connectivity index (χ3n) is 3.60. The number of halogens is 1. The Bertz CT molecular complexity index is 600. The van der Waals surface area contributed by atoms with Crippen molar-refractivity contribution in [3.63, 3.8) is 0 Å². The minimum Gasteiger partial charge on any atom is -0.493 e. The Morgan fingerprint density at radius 1 is 1.38 bits per heavy atom. The summed E-state index contributed by atoms with van der Waals surface area (Å²) in [5.41, 5.74) is 2.46. The molecule has 3 rings (SSSR count). The number of ether oxygens (including phenoxy) is 1. The zero-order valence-corrected chi connectivity index (χ0v) is 13.1. The van der Waals surface area contributed by atoms with Gasteiger partial charge in [-0.1, -0.05) is 17.3 Å². The highest BCUT2D eigenvalue weighted by atomic mass is 35.5. The van der Waals surface area contributed by atoms with Crippen molar-refractivity contribution >= 4 is 12.4 Å². The van der Waals surface area contributed by atoms with Gasteiger partial charge in [0.05, 0.1) is 13.0 Å². The lowest BCUT2D eigenvalue weighted by Gasteiger charge is -2.04. The smallest absolute Gasteiger partial charge is 0.231 e. The van der Waals surface area contributed by atoms with Gasteiger partial charge in [0.1, 0.15) is 5.75 Å². The molecule has 1 aromatic carbocycles. The van der Waals surface area contributed by atoms with Crippen LogP contribution in [0.15, 0.2) is 22.7 Å². The summed E-state index contributed by atoms with van der Waals surface area (Å²) in [4.78, 5) is 4.44. The molecule has 0 saturated heterocycles. The monoisotopic (exact) mass is 309 g/mol. The topological polar surface area (TPSA) is 60.2 Å². The zero-order chi connectivity index (χ0) is 13.9. The van der Waals surface area contributed by atoms with E-state index in [4.69, 9.17) is 9.26 Å². The number of nitrogens with zero attached hydrogens (tertiary/aromatic N) is 2. The van der Waals surface area contributed by atoms with Gasteiger partial charge < -0.3 is 14.6 Å². The van der Waals surface area contributed by atoms with Gasteiger partial charge in [-0.05, 0) is 31.2 Å². The lowest BCUT2D eigenvalue weighted by atomic mass is 10.1. The number of likely N-dealkylation sites (N-methyl/N-ethyl adjacent to an activating group) is 1. The molecule has 0 saturated carbocycles. The van der Waals surface area contributed by atoms with Crippen molar-refractivity contribution in [1.82, 2.24) is 15.5 Å². The lowest BCUT2D eigenvalue weighted by Crippen LogP contribution is -2.24. The number of aromatic nitrogens is 2. The predicted molar refractivity (Wildman–Crippen MR) is 82.2 cm³/mol. The van der Waals surface area contributed by atoms with E-state index >= 15 is 0 Å². The predicted octanol–water partition coefficient (Wildman–Crippen LogP) is 2.17. The van der Waals surface area contributed by atoms with Crippen molar-refractivity contribution in [2.75, 3.05) is 13.7 Å². The van der Waals surface area contributed by atoms with Crippen LogP contribution in [0.25, 0.3) is 0 Å². The molecule has 6 heteroatoms. The Morgan fingerprint density at radius 3 is 3.05 bits per heavy atom. The van der Waals surface area contributed by atoms with Crippen LogP contribution in [-0.2, 0) is 19.3 Å². The molecule has 1 aromatic heterocycles. The van der Waals surface area contributed by atoms with Crippen LogP contribution in [0.4, 0.5) is 0 Å². The second-order valence-electron chi connectivity index (χ2n) is 5.22. The normalized spacial score (nSPS) is 14.2. The maximum atomic E-state index is 5.51. The molecule has 0 fully saturated rings. The van der Waals surface area contributed by atoms with Crippen LogP contribution in [0, 0.1) is 0 Å². The Balaban J connectivity index is 0.00000161. The van der Waals surface area contributed by atoms with Crippen LogP contribution in [0.5, 0.6) is 5.75 Å². The van der Waals surface area contributed by atoms with E-state index in [1.807, 2.05) is 13.1 Å². The summed E-state index contributed by atoms with van der Waals surface area (Å²) in [6, 6.07) is 6.60. The van der Waals surface area contributed by atoms with Gasteiger partial charge in [0.25, 0.3) is 0 Å². The van der Waals surface area contributed by atoms with Crippen LogP contribution < -0.4 is 10.1 Å². The van der Waals surface area contributed by atoms with E-state index in [1.54, 1.807) is 0 Å². The second-order valence-corrected chi connectivity index (χ2v) is 5.22. The van der Waals surface area contributed by atoms with Gasteiger partial charge >= 0.3 is 0 Å². The van der Waals surface area contributed by atoms with Gasteiger partial charge in [0.2, 0.25) is 5.89 Å². The average Bonchev–Trinajstić information content (AvgIpc) is 3.07. The summed E-state index contributed by atoms with van der Waals surface area (Å²) in [7, 11) is 1.93. The van der Waals surface area contributed by atoms with E-state index in [1.165, 1.54) is 11.1 Å². The van der Waals surface area contributed by atoms with Crippen LogP contribution in [-0.4, -0.2) is 29.8 Å². The number of hydrogen-bond donors (Lipinski definition) is 1. The zero-order valence-electron chi connectivity index (χ0n) is 12.3. The summed E-state index contributed by atoms with van der Waals surface area (Å²) in [6.07, 6.45) is 2.43. The highest BCUT2D eigenvalue weighted by molar-refractivity contribution is 5.85. The maximum absolute atomic E-state index is 5.51. The summed E-state index contributed by atoms with van der Waals surface area (Å²) < 4.78 is 10.8. The molecule has 1 unspecified atom stereocenters. The number of benzene rings is 1. The highest BCUT2D eigenvalue weighted by Crippen LogP contribution is 2.26. The molecule has 1 atom stereocenters. The van der Waals surface area contributed by atoms with Crippen molar-refractivity contribution in [2.45, 2.75) is 32.2 Å². The van der Waals surface area contributed by atoms with Gasteiger partial charge in [-0.3, -0.25) is 0 Å². The molecule has 0 bridgehead atoms. The van der Waals surface area contributed by atoms with E-state index in [0.717, 1.165) is 31.0 Å². The van der Waals surface area contributed by atoms with Crippen molar-refractivity contribution in [3.05, 3.63) is 41.0 Å². The fourth-order valence-corrected chi connectivity index (χ4v) is 2.35. The fourth-order valence-electron chi connectivity index (χ4n) is 2.35. The van der Waals surface area contributed by atoms with Gasteiger partial charge in [-0.25, -0.2) is 0 Å². The first-order valence-electron chi connectivity index (χ1n) is 6.98. The van der Waals surface area contributed by atoms with Crippen LogP contribution >= 0.6 is 12.4 Å². The molecule has 2 heterocycles. The van der Waals surface area contributed by atoms with E-state index in [9.17, 15) is 0 Å². The SMILES string of the molecule is CNC(C)Cc1noc(Cc2ccc3c(c2)CCO3)n1.Cl. The minimum absolute atomic E-state index is 0. The van der Waals surface area contributed by atoms with Crippen LogP contribution in [0.1, 0.15) is 29.8 Å². The third-order valence-corrected chi connectivity index (χ3v) is 3.60. The van der Waals surface area contributed by atoms with E-state index in [-0.39, 0.29) is 12.4 Å². The molecule has 0 amide bonds. The molecule has 21 heavy (non-hydrogen) atoms. The first kappa shape index (κ1) is 15.8. The third kappa shape index (κ3) is 3.74. The van der Waals surface area contributed by atoms with Gasteiger partial charge in [-0.2, -0.15) is 4.98 Å². The molecule has 5 nitrogen and oxygen atoms in total. The lowest BCUT2D eigenvalue weighted by molar-refractivity contribution is 0.356. The van der Waals surface area contributed by atoms with Crippen molar-refractivity contribution in [1.29, 1.82) is 0 Å². The molecular formula is C15H20ClN3O2. The Hall–Kier alpha value is -1.59. The molecular weight excluding hydrogens is 290 g/mol. The summed E-state index contributed by atoms with van der Waals surface area (Å²) in [5.74, 6) is 2.43. The summed E-state index contributed by atoms with van der Waals surface area (Å²) in [5, 5.41) is 7.19. The average molecular weight is 310 g/mol. The second kappa shape index (κ2) is 6.91. The number of nitrogens with one attached hydrogen (secondary N) is 1. The molecule has 1 aliphatic heterocycles. The number of fused-ring (bicyclic) bond motifs is 1. The molecule has 2 aromatic rings. The Morgan fingerprint density at radius 2 is 2.24 bits per heavy atom. The standard InChI is InChI=1S/C15H19N3O2.ClH/c1-10(16-2)7-14-17-15(20-18-14)9-11-3-4-13-12(8-11)5-6-19-13;/h3-4,8,10,16H,5-7,9H2,1-2H3;1H. The van der Waals surface area contributed by atoms with E-state index < -0.39 is 0 Å². The van der Waals surface area contributed by atoms with Crippen LogP contribution in [0.3, 0.4) is 0 Å². The van der Waals surface area contributed by atoms with E-state index in [2.05, 4.69) is 34.5 Å². The molecule has 0 aliphatic carbocycles. The van der Waals surface area contributed by atoms with E-state index in [0.29, 0.717) is 18.4 Å². The first-order chi connectivity index (χ1) is 9.74. The van der Waals surface area contributed by atoms with Gasteiger partial charge in [0.15, 0.2) is 5.82 Å². The Labute approximate surface area is 130 Å². The van der Waals surface area contributed by atoms with Crippen molar-refractivity contribution in [3.8, 4) is 5.75 Å². The molecule has 1 N–H and O–H groups in total. The summed E-state index contributed by atoms with van der Waals surface area (Å²) >= 11 is 0. The number of hydrogen-bond acceptors (Lipinski definition) is 5. The largest absolute Gasteiger partial charge is 0.493 e. The molecule has 0 spiro atoms. The van der Waals surface area contributed by atoms with Crippen LogP contribution in [0.2, 0.25) is 0 Å². The molecule has 1 aliphatic rings.